The molecule has 0 aromatic carbocycles. The fourth-order valence-electron chi connectivity index (χ4n) is 3.24. The van der Waals surface area contributed by atoms with Crippen molar-refractivity contribution in [1.82, 2.24) is 0 Å². The van der Waals surface area contributed by atoms with Gasteiger partial charge in [0.25, 0.3) is 0 Å². The highest BCUT2D eigenvalue weighted by Crippen LogP contribution is 2.61. The van der Waals surface area contributed by atoms with Crippen molar-refractivity contribution < 1.29 is 0 Å². The second-order valence-electron chi connectivity index (χ2n) is 6.81. The Hall–Kier alpha value is 0. The van der Waals surface area contributed by atoms with Crippen molar-refractivity contribution in [3.05, 3.63) is 0 Å². The van der Waals surface area contributed by atoms with Gasteiger partial charge in [-0.05, 0) is 54.8 Å². The van der Waals surface area contributed by atoms with E-state index in [1.54, 1.807) is 0 Å². The van der Waals surface area contributed by atoms with E-state index in [2.05, 4.69) is 27.7 Å². The van der Waals surface area contributed by atoms with Gasteiger partial charge in [0.15, 0.2) is 0 Å². The third-order valence-electron chi connectivity index (χ3n) is 4.33. The van der Waals surface area contributed by atoms with E-state index in [1.807, 2.05) is 0 Å². The van der Waals surface area contributed by atoms with Gasteiger partial charge in [0.2, 0.25) is 0 Å². The maximum Gasteiger partial charge on any atom is -0.0292 e. The lowest BCUT2D eigenvalue weighted by atomic mass is 9.65. The largest absolute Gasteiger partial charge is 0.0625 e. The molecule has 0 heterocycles. The summed E-state index contributed by atoms with van der Waals surface area (Å²) in [7, 11) is 0. The maximum atomic E-state index is 2.46. The Labute approximate surface area is 83.1 Å². The molecule has 13 heavy (non-hydrogen) atoms. The van der Waals surface area contributed by atoms with Crippen LogP contribution in [0.5, 0.6) is 0 Å². The molecule has 0 amide bonds. The van der Waals surface area contributed by atoms with Crippen LogP contribution in [0.3, 0.4) is 0 Å². The van der Waals surface area contributed by atoms with Crippen molar-refractivity contribution in [2.45, 2.75) is 59.8 Å². The fraction of sp³-hybridized carbons (Fsp3) is 1.00. The van der Waals surface area contributed by atoms with Crippen LogP contribution in [0.25, 0.3) is 0 Å². The zero-order valence-corrected chi connectivity index (χ0v) is 9.69. The minimum atomic E-state index is 0.546. The Morgan fingerprint density at radius 3 is 2.15 bits per heavy atom. The molecule has 2 saturated carbocycles. The molecule has 0 bridgehead atoms. The molecule has 2 atom stereocenters. The Bertz CT molecular complexity index is 193. The first-order valence-electron chi connectivity index (χ1n) is 5.91. The summed E-state index contributed by atoms with van der Waals surface area (Å²) in [5, 5.41) is 0. The van der Waals surface area contributed by atoms with Crippen molar-refractivity contribution in [2.24, 2.45) is 22.7 Å². The summed E-state index contributed by atoms with van der Waals surface area (Å²) in [5.74, 6) is 1.97. The minimum Gasteiger partial charge on any atom is -0.0625 e. The van der Waals surface area contributed by atoms with Crippen LogP contribution in [0.2, 0.25) is 0 Å². The average Bonchev–Trinajstić information content (AvgIpc) is 2.65. The summed E-state index contributed by atoms with van der Waals surface area (Å²) in [6, 6.07) is 0. The van der Waals surface area contributed by atoms with Crippen molar-refractivity contribution in [1.29, 1.82) is 0 Å². The van der Waals surface area contributed by atoms with Gasteiger partial charge in [0.05, 0.1) is 0 Å². The first kappa shape index (κ1) is 9.55. The Balaban J connectivity index is 2.05. The van der Waals surface area contributed by atoms with Crippen LogP contribution in [0.15, 0.2) is 0 Å². The van der Waals surface area contributed by atoms with Crippen molar-refractivity contribution in [3.8, 4) is 0 Å². The third kappa shape index (κ3) is 1.92. The van der Waals surface area contributed by atoms with Gasteiger partial charge in [-0.15, -0.1) is 0 Å². The first-order chi connectivity index (χ1) is 5.91. The predicted octanol–water partition coefficient (Wildman–Crippen LogP) is 4.25. The molecule has 2 aliphatic carbocycles. The zero-order chi connectivity index (χ0) is 9.69. The van der Waals surface area contributed by atoms with E-state index in [0.717, 1.165) is 17.3 Å². The molecule has 2 fully saturated rings. The van der Waals surface area contributed by atoms with Crippen LogP contribution >= 0.6 is 0 Å². The summed E-state index contributed by atoms with van der Waals surface area (Å²) in [4.78, 5) is 0. The fourth-order valence-corrected chi connectivity index (χ4v) is 3.24. The zero-order valence-electron chi connectivity index (χ0n) is 9.69. The van der Waals surface area contributed by atoms with Gasteiger partial charge in [-0.1, -0.05) is 27.7 Å². The summed E-state index contributed by atoms with van der Waals surface area (Å²) in [5.41, 5.74) is 1.37. The van der Waals surface area contributed by atoms with Crippen LogP contribution in [-0.4, -0.2) is 0 Å². The van der Waals surface area contributed by atoms with E-state index >= 15 is 0 Å². The monoisotopic (exact) mass is 180 g/mol. The molecule has 0 aromatic heterocycles. The van der Waals surface area contributed by atoms with Gasteiger partial charge in [-0.25, -0.2) is 0 Å². The van der Waals surface area contributed by atoms with E-state index in [-0.39, 0.29) is 0 Å². The number of rotatable bonds is 0. The van der Waals surface area contributed by atoms with Gasteiger partial charge in [0, 0.05) is 0 Å². The standard InChI is InChI=1S/C13H24/c1-10-7-11(12(2,3)4)9-13(8-10)5-6-13/h10-11H,5-9H2,1-4H3. The first-order valence-corrected chi connectivity index (χ1v) is 5.91. The van der Waals surface area contributed by atoms with Crippen LogP contribution in [0.1, 0.15) is 59.8 Å². The number of hydrogen-bond donors (Lipinski definition) is 0. The Kier molecular flexibility index (Phi) is 2.02. The van der Waals surface area contributed by atoms with Gasteiger partial charge >= 0.3 is 0 Å². The summed E-state index contributed by atoms with van der Waals surface area (Å²) in [6.45, 7) is 9.72. The minimum absolute atomic E-state index is 0.546. The second-order valence-corrected chi connectivity index (χ2v) is 6.81. The SMILES string of the molecule is CC1CC(C(C)(C)C)CC2(CC2)C1. The Morgan fingerprint density at radius 1 is 1.08 bits per heavy atom. The van der Waals surface area contributed by atoms with Crippen LogP contribution in [-0.2, 0) is 0 Å². The summed E-state index contributed by atoms with van der Waals surface area (Å²) >= 11 is 0. The molecule has 0 aliphatic heterocycles. The molecule has 0 aromatic rings. The Morgan fingerprint density at radius 2 is 1.69 bits per heavy atom. The van der Waals surface area contributed by atoms with Crippen molar-refractivity contribution in [2.75, 3.05) is 0 Å². The quantitative estimate of drug-likeness (QED) is 0.523. The second kappa shape index (κ2) is 2.74. The van der Waals surface area contributed by atoms with E-state index in [4.69, 9.17) is 0 Å². The van der Waals surface area contributed by atoms with Gasteiger partial charge in [-0.2, -0.15) is 0 Å². The molecule has 76 valence electrons. The molecule has 1 spiro atoms. The molecule has 0 N–H and O–H groups in total. The smallest absolute Gasteiger partial charge is 0.0292 e. The summed E-state index contributed by atoms with van der Waals surface area (Å²) in [6.07, 6.45) is 7.60. The van der Waals surface area contributed by atoms with Crippen LogP contribution in [0, 0.1) is 22.7 Å². The molecule has 0 heteroatoms. The predicted molar refractivity (Wildman–Crippen MR) is 57.6 cm³/mol. The van der Waals surface area contributed by atoms with Gasteiger partial charge in [-0.3, -0.25) is 0 Å². The lowest BCUT2D eigenvalue weighted by Crippen LogP contribution is -2.31. The van der Waals surface area contributed by atoms with Crippen LogP contribution in [0.4, 0.5) is 0 Å². The topological polar surface area (TPSA) is 0 Å². The highest BCUT2D eigenvalue weighted by molar-refractivity contribution is 5.00. The molecule has 2 rings (SSSR count). The highest BCUT2D eigenvalue weighted by Gasteiger charge is 2.49. The molecule has 0 saturated heterocycles. The molecule has 2 unspecified atom stereocenters. The molecule has 2 aliphatic rings. The highest BCUT2D eigenvalue weighted by atomic mass is 14.5. The molecule has 0 radical (unpaired) electrons. The van der Waals surface area contributed by atoms with Crippen LogP contribution < -0.4 is 0 Å². The lowest BCUT2D eigenvalue weighted by molar-refractivity contribution is 0.0970. The number of hydrogen-bond acceptors (Lipinski definition) is 0. The van der Waals surface area contributed by atoms with Crippen molar-refractivity contribution in [3.63, 3.8) is 0 Å². The van der Waals surface area contributed by atoms with Gasteiger partial charge in [0.1, 0.15) is 0 Å². The van der Waals surface area contributed by atoms with E-state index < -0.39 is 0 Å². The molecule has 0 nitrogen and oxygen atoms in total. The normalized spacial score (nSPS) is 37.8. The molecular weight excluding hydrogens is 156 g/mol. The lowest BCUT2D eigenvalue weighted by Gasteiger charge is -2.41. The van der Waals surface area contributed by atoms with E-state index in [9.17, 15) is 0 Å². The summed E-state index contributed by atoms with van der Waals surface area (Å²) < 4.78 is 0. The van der Waals surface area contributed by atoms with E-state index in [0.29, 0.717) is 5.41 Å². The molecular formula is C13H24. The average molecular weight is 180 g/mol. The third-order valence-corrected chi connectivity index (χ3v) is 4.33. The van der Waals surface area contributed by atoms with Gasteiger partial charge < -0.3 is 0 Å². The maximum absolute atomic E-state index is 2.46. The van der Waals surface area contributed by atoms with Crippen molar-refractivity contribution >= 4 is 0 Å². The van der Waals surface area contributed by atoms with E-state index in [1.165, 1.54) is 32.1 Å².